The number of likely N-dealkylation sites (N-methyl/N-ethyl adjacent to an activating group) is 1. The van der Waals surface area contributed by atoms with Gasteiger partial charge in [0.2, 0.25) is 5.91 Å². The van der Waals surface area contributed by atoms with Crippen molar-refractivity contribution in [3.8, 4) is 0 Å². The number of benzene rings is 1. The maximum absolute atomic E-state index is 13.3. The second-order valence-corrected chi connectivity index (χ2v) is 8.25. The van der Waals surface area contributed by atoms with Crippen molar-refractivity contribution in [1.29, 1.82) is 0 Å². The lowest BCUT2D eigenvalue weighted by Gasteiger charge is -2.30. The minimum absolute atomic E-state index is 0.0224. The number of nitrogens with one attached hydrogen (secondary N) is 1. The van der Waals surface area contributed by atoms with Gasteiger partial charge in [-0.25, -0.2) is 4.79 Å². The van der Waals surface area contributed by atoms with E-state index in [1.165, 1.54) is 9.47 Å². The third-order valence-corrected chi connectivity index (χ3v) is 4.71. The number of rotatable bonds is 9. The molecule has 1 amide bonds. The zero-order chi connectivity index (χ0) is 22.4. The molecule has 30 heavy (non-hydrogen) atoms. The molecule has 164 valence electrons. The Balaban J connectivity index is 2.48. The van der Waals surface area contributed by atoms with Gasteiger partial charge in [0.15, 0.2) is 5.69 Å². The Hall–Kier alpha value is -3.03. The normalized spacial score (nSPS) is 11.2. The molecule has 0 saturated carbocycles. The van der Waals surface area contributed by atoms with E-state index in [2.05, 4.69) is 4.98 Å². The molecule has 0 atom stereocenters. The Bertz CT molecular complexity index is 963. The Morgan fingerprint density at radius 3 is 2.27 bits per heavy atom. The third-order valence-electron chi connectivity index (χ3n) is 4.71. The first kappa shape index (κ1) is 23.3. The second-order valence-electron chi connectivity index (χ2n) is 8.25. The van der Waals surface area contributed by atoms with Crippen molar-refractivity contribution in [2.75, 3.05) is 35.2 Å². The number of nitrogen functional groups attached to an aromatic ring is 1. The van der Waals surface area contributed by atoms with E-state index in [1.54, 1.807) is 0 Å². The van der Waals surface area contributed by atoms with Gasteiger partial charge in [0.1, 0.15) is 5.82 Å². The first-order chi connectivity index (χ1) is 14.1. The van der Waals surface area contributed by atoms with Crippen molar-refractivity contribution in [2.45, 2.75) is 41.2 Å². The number of para-hydroxylation sites is 1. The topological polar surface area (TPSA) is 104 Å². The molecule has 1 aromatic carbocycles. The first-order valence-corrected chi connectivity index (χ1v) is 10.4. The van der Waals surface area contributed by atoms with Crippen LogP contribution >= 0.6 is 0 Å². The van der Waals surface area contributed by atoms with Gasteiger partial charge in [0.25, 0.3) is 5.56 Å². The van der Waals surface area contributed by atoms with Gasteiger partial charge in [0.05, 0.1) is 6.54 Å². The Morgan fingerprint density at radius 1 is 1.10 bits per heavy atom. The standard InChI is InChI=1S/C22H33N5O3/c1-6-25(17-10-8-7-9-11-17)14-18(28)26(12-15(2)3)19-20(23)27(13-16(4)5)22(30)24-21(19)29/h7-11,15-16H,6,12-14,23H2,1-5H3,(H,24,29,30). The number of amides is 1. The van der Waals surface area contributed by atoms with Crippen molar-refractivity contribution in [3.63, 3.8) is 0 Å². The fourth-order valence-corrected chi connectivity index (χ4v) is 3.34. The minimum Gasteiger partial charge on any atom is -0.383 e. The zero-order valence-electron chi connectivity index (χ0n) is 18.5. The average Bonchev–Trinajstić information content (AvgIpc) is 2.68. The van der Waals surface area contributed by atoms with Crippen LogP contribution in [0.5, 0.6) is 0 Å². The summed E-state index contributed by atoms with van der Waals surface area (Å²) in [7, 11) is 0. The van der Waals surface area contributed by atoms with E-state index in [4.69, 9.17) is 5.73 Å². The van der Waals surface area contributed by atoms with Crippen LogP contribution < -0.4 is 26.8 Å². The molecule has 0 radical (unpaired) electrons. The van der Waals surface area contributed by atoms with Crippen LogP contribution in [0.25, 0.3) is 0 Å². The summed E-state index contributed by atoms with van der Waals surface area (Å²) in [6.07, 6.45) is 0. The maximum Gasteiger partial charge on any atom is 0.330 e. The molecule has 0 saturated heterocycles. The van der Waals surface area contributed by atoms with Crippen LogP contribution in [0.2, 0.25) is 0 Å². The van der Waals surface area contributed by atoms with Gasteiger partial charge in [-0.1, -0.05) is 45.9 Å². The van der Waals surface area contributed by atoms with Crippen LogP contribution in [-0.4, -0.2) is 35.1 Å². The molecule has 0 aliphatic carbocycles. The summed E-state index contributed by atoms with van der Waals surface area (Å²) in [6, 6.07) is 9.63. The van der Waals surface area contributed by atoms with Gasteiger partial charge in [-0.2, -0.15) is 0 Å². The average molecular weight is 416 g/mol. The Labute approximate surface area is 177 Å². The first-order valence-electron chi connectivity index (χ1n) is 10.4. The number of hydrogen-bond acceptors (Lipinski definition) is 5. The van der Waals surface area contributed by atoms with Gasteiger partial charge >= 0.3 is 5.69 Å². The van der Waals surface area contributed by atoms with Crippen LogP contribution in [0.15, 0.2) is 39.9 Å². The molecule has 0 aliphatic rings. The highest BCUT2D eigenvalue weighted by Gasteiger charge is 2.26. The molecule has 0 bridgehead atoms. The lowest BCUT2D eigenvalue weighted by molar-refractivity contribution is -0.117. The number of carbonyl (C=O) groups is 1. The number of aromatic amines is 1. The Kier molecular flexibility index (Phi) is 7.86. The number of H-pyrrole nitrogens is 1. The maximum atomic E-state index is 13.3. The molecule has 0 fully saturated rings. The smallest absolute Gasteiger partial charge is 0.330 e. The van der Waals surface area contributed by atoms with E-state index in [0.717, 1.165) is 5.69 Å². The predicted molar refractivity (Wildman–Crippen MR) is 122 cm³/mol. The Morgan fingerprint density at radius 2 is 1.73 bits per heavy atom. The molecule has 0 spiro atoms. The number of aromatic nitrogens is 2. The van der Waals surface area contributed by atoms with Crippen LogP contribution in [0.1, 0.15) is 34.6 Å². The molecule has 1 heterocycles. The van der Waals surface area contributed by atoms with Crippen molar-refractivity contribution in [3.05, 3.63) is 51.2 Å². The quantitative estimate of drug-likeness (QED) is 0.654. The van der Waals surface area contributed by atoms with Crippen molar-refractivity contribution in [1.82, 2.24) is 9.55 Å². The SMILES string of the molecule is CCN(CC(=O)N(CC(C)C)c1c(N)n(CC(C)C)c(=O)[nH]c1=O)c1ccccc1. The monoisotopic (exact) mass is 415 g/mol. The number of nitrogens with zero attached hydrogens (tertiary/aromatic N) is 3. The molecule has 0 unspecified atom stereocenters. The van der Waals surface area contributed by atoms with E-state index < -0.39 is 11.2 Å². The molecule has 2 rings (SSSR count). The summed E-state index contributed by atoms with van der Waals surface area (Å²) in [5.74, 6) is 0.0206. The van der Waals surface area contributed by atoms with Crippen molar-refractivity contribution < 1.29 is 4.79 Å². The third kappa shape index (κ3) is 5.52. The fourth-order valence-electron chi connectivity index (χ4n) is 3.34. The minimum atomic E-state index is -0.644. The predicted octanol–water partition coefficient (Wildman–Crippen LogP) is 2.29. The largest absolute Gasteiger partial charge is 0.383 e. The molecule has 3 N–H and O–H groups in total. The van der Waals surface area contributed by atoms with Crippen molar-refractivity contribution >= 4 is 23.1 Å². The highest BCUT2D eigenvalue weighted by molar-refractivity contribution is 5.98. The number of carbonyl (C=O) groups excluding carboxylic acids is 1. The van der Waals surface area contributed by atoms with E-state index in [1.807, 2.05) is 69.9 Å². The lowest BCUT2D eigenvalue weighted by Crippen LogP contribution is -2.46. The summed E-state index contributed by atoms with van der Waals surface area (Å²) >= 11 is 0. The number of anilines is 3. The van der Waals surface area contributed by atoms with E-state index in [-0.39, 0.29) is 35.8 Å². The van der Waals surface area contributed by atoms with Crippen LogP contribution in [0, 0.1) is 11.8 Å². The van der Waals surface area contributed by atoms with Crippen LogP contribution in [-0.2, 0) is 11.3 Å². The molecule has 1 aromatic heterocycles. The molecule has 8 nitrogen and oxygen atoms in total. The second kappa shape index (κ2) is 10.1. The highest BCUT2D eigenvalue weighted by Crippen LogP contribution is 2.21. The van der Waals surface area contributed by atoms with Gasteiger partial charge in [-0.3, -0.25) is 19.1 Å². The van der Waals surface area contributed by atoms with Gasteiger partial charge in [-0.15, -0.1) is 0 Å². The van der Waals surface area contributed by atoms with Crippen LogP contribution in [0.3, 0.4) is 0 Å². The summed E-state index contributed by atoms with van der Waals surface area (Å²) in [5, 5.41) is 0. The number of hydrogen-bond donors (Lipinski definition) is 2. The van der Waals surface area contributed by atoms with E-state index >= 15 is 0 Å². The summed E-state index contributed by atoms with van der Waals surface area (Å²) in [5.41, 5.74) is 6.01. The van der Waals surface area contributed by atoms with Gasteiger partial charge in [-0.05, 0) is 30.9 Å². The van der Waals surface area contributed by atoms with Crippen LogP contribution in [0.4, 0.5) is 17.2 Å². The fraction of sp³-hybridized carbons (Fsp3) is 0.500. The van der Waals surface area contributed by atoms with Crippen molar-refractivity contribution in [2.24, 2.45) is 11.8 Å². The molecule has 0 aliphatic heterocycles. The van der Waals surface area contributed by atoms with Gasteiger partial charge < -0.3 is 15.5 Å². The highest BCUT2D eigenvalue weighted by atomic mass is 16.2. The summed E-state index contributed by atoms with van der Waals surface area (Å²) < 4.78 is 1.33. The van der Waals surface area contributed by atoms with E-state index in [9.17, 15) is 14.4 Å². The van der Waals surface area contributed by atoms with E-state index in [0.29, 0.717) is 19.6 Å². The summed E-state index contributed by atoms with van der Waals surface area (Å²) in [6.45, 7) is 11.2. The molecule has 8 heteroatoms. The zero-order valence-corrected chi connectivity index (χ0v) is 18.5. The van der Waals surface area contributed by atoms with Gasteiger partial charge in [0, 0.05) is 25.3 Å². The lowest BCUT2D eigenvalue weighted by atomic mass is 10.2. The molecular formula is C22H33N5O3. The summed E-state index contributed by atoms with van der Waals surface area (Å²) in [4.78, 5) is 44.0. The molecule has 2 aromatic rings. The number of nitrogens with two attached hydrogens (primary N) is 1. The molecular weight excluding hydrogens is 382 g/mol.